The summed E-state index contributed by atoms with van der Waals surface area (Å²) >= 11 is 0. The van der Waals surface area contributed by atoms with Gasteiger partial charge in [0.05, 0.1) is 11.4 Å². The van der Waals surface area contributed by atoms with Crippen LogP contribution in [0.4, 0.5) is 45.5 Å². The number of hydrogen-bond donors (Lipinski definition) is 0. The van der Waals surface area contributed by atoms with Crippen molar-refractivity contribution < 1.29 is 0 Å². The molecule has 0 amide bonds. The second kappa shape index (κ2) is 18.5. The van der Waals surface area contributed by atoms with Crippen LogP contribution in [0, 0.1) is 0 Å². The fraction of sp³-hybridized carbons (Fsp3) is 0.247. The van der Waals surface area contributed by atoms with Crippen LogP contribution in [-0.2, 0) is 27.1 Å². The molecule has 0 atom stereocenters. The zero-order valence-electron chi connectivity index (χ0n) is 50.0. The largest absolute Gasteiger partial charge is 0.376 e. The third-order valence-corrected chi connectivity index (χ3v) is 18.1. The predicted molar refractivity (Wildman–Crippen MR) is 350 cm³/mol. The third kappa shape index (κ3) is 8.63. The van der Waals surface area contributed by atoms with E-state index in [2.05, 4.69) is 318 Å². The van der Waals surface area contributed by atoms with Crippen LogP contribution in [0.15, 0.2) is 206 Å². The van der Waals surface area contributed by atoms with Crippen molar-refractivity contribution >= 4 is 74.0 Å². The lowest BCUT2D eigenvalue weighted by molar-refractivity contribution is 0.590. The minimum Gasteiger partial charge on any atom is -0.376 e. The first-order valence-corrected chi connectivity index (χ1v) is 29.4. The van der Waals surface area contributed by atoms with Crippen LogP contribution >= 0.6 is 0 Å². The van der Waals surface area contributed by atoms with Crippen LogP contribution in [0.25, 0.3) is 44.2 Å². The van der Waals surface area contributed by atoms with Gasteiger partial charge in [-0.2, -0.15) is 0 Å². The summed E-state index contributed by atoms with van der Waals surface area (Å²) in [6.07, 6.45) is 0. The molecular formula is C77H76BN3. The fourth-order valence-corrected chi connectivity index (χ4v) is 13.4. The maximum atomic E-state index is 2.73. The molecule has 0 aromatic heterocycles. The van der Waals surface area contributed by atoms with Crippen molar-refractivity contribution in [1.29, 1.82) is 0 Å². The Morgan fingerprint density at radius 1 is 0.383 bits per heavy atom. The van der Waals surface area contributed by atoms with E-state index in [0.717, 1.165) is 22.7 Å². The maximum absolute atomic E-state index is 2.73. The third-order valence-electron chi connectivity index (χ3n) is 18.1. The quantitative estimate of drug-likeness (QED) is 0.154. The number of nitrogens with zero attached hydrogens (tertiary/aromatic N) is 3. The van der Waals surface area contributed by atoms with Crippen molar-refractivity contribution in [2.24, 2.45) is 0 Å². The molecule has 0 saturated carbocycles. The smallest absolute Gasteiger partial charge is 0.333 e. The Kier molecular flexibility index (Phi) is 11.9. The Morgan fingerprint density at radius 3 is 1.53 bits per heavy atom. The van der Waals surface area contributed by atoms with E-state index in [1.807, 2.05) is 0 Å². The molecule has 0 spiro atoms. The van der Waals surface area contributed by atoms with Crippen LogP contribution in [0.3, 0.4) is 0 Å². The summed E-state index contributed by atoms with van der Waals surface area (Å²) < 4.78 is 0. The highest BCUT2D eigenvalue weighted by Gasteiger charge is 2.48. The molecule has 0 fully saturated rings. The number of benzene rings is 10. The molecule has 402 valence electrons. The fourth-order valence-electron chi connectivity index (χ4n) is 13.4. The van der Waals surface area contributed by atoms with Crippen LogP contribution < -0.4 is 25.5 Å². The van der Waals surface area contributed by atoms with Gasteiger partial charge in [0.15, 0.2) is 0 Å². The van der Waals surface area contributed by atoms with E-state index in [-0.39, 0.29) is 33.9 Å². The van der Waals surface area contributed by atoms with E-state index in [1.54, 1.807) is 0 Å². The molecule has 2 aliphatic heterocycles. The molecule has 0 N–H and O–H groups in total. The molecule has 1 aliphatic carbocycles. The first-order chi connectivity index (χ1) is 38.5. The molecule has 3 aliphatic rings. The van der Waals surface area contributed by atoms with Crippen LogP contribution in [0.5, 0.6) is 0 Å². The summed E-state index contributed by atoms with van der Waals surface area (Å²) in [5, 5.41) is 2.45. The van der Waals surface area contributed by atoms with Gasteiger partial charge in [0, 0.05) is 56.1 Å². The highest BCUT2D eigenvalue weighted by molar-refractivity contribution is 6.94. The molecule has 2 heterocycles. The van der Waals surface area contributed by atoms with Gasteiger partial charge in [-0.05, 0) is 179 Å². The normalized spacial score (nSPS) is 14.3. The van der Waals surface area contributed by atoms with Gasteiger partial charge in [-0.1, -0.05) is 218 Å². The van der Waals surface area contributed by atoms with Gasteiger partial charge in [-0.15, -0.1) is 0 Å². The molecule has 3 nitrogen and oxygen atoms in total. The highest BCUT2D eigenvalue weighted by atomic mass is 15.2. The summed E-state index contributed by atoms with van der Waals surface area (Å²) in [5.74, 6) is 0. The lowest BCUT2D eigenvalue weighted by atomic mass is 9.43. The van der Waals surface area contributed by atoms with E-state index in [9.17, 15) is 0 Å². The molecule has 10 aromatic carbocycles. The number of hydrogen-bond acceptors (Lipinski definition) is 3. The maximum Gasteiger partial charge on any atom is 0.333 e. The van der Waals surface area contributed by atoms with Gasteiger partial charge in [0.1, 0.15) is 0 Å². The van der Waals surface area contributed by atoms with Crippen molar-refractivity contribution in [2.75, 3.05) is 14.6 Å². The molecule has 81 heavy (non-hydrogen) atoms. The number of rotatable bonds is 6. The topological polar surface area (TPSA) is 9.72 Å². The molecular weight excluding hydrogens is 978 g/mol. The van der Waals surface area contributed by atoms with Crippen LogP contribution in [-0.4, -0.2) is 6.85 Å². The highest BCUT2D eigenvalue weighted by Crippen LogP contribution is 2.56. The molecule has 0 bridgehead atoms. The molecule has 13 rings (SSSR count). The second-order valence-electron chi connectivity index (χ2n) is 27.9. The van der Waals surface area contributed by atoms with Crippen molar-refractivity contribution in [3.63, 3.8) is 0 Å². The monoisotopic (exact) mass is 1050 g/mol. The van der Waals surface area contributed by atoms with E-state index >= 15 is 0 Å². The van der Waals surface area contributed by atoms with Gasteiger partial charge < -0.3 is 14.6 Å². The molecule has 0 radical (unpaired) electrons. The zero-order chi connectivity index (χ0) is 56.7. The summed E-state index contributed by atoms with van der Waals surface area (Å²) in [4.78, 5) is 7.87. The van der Waals surface area contributed by atoms with Crippen molar-refractivity contribution in [3.8, 4) is 33.4 Å². The minimum absolute atomic E-state index is 0.00981. The Labute approximate surface area is 483 Å². The minimum atomic E-state index is -0.230. The van der Waals surface area contributed by atoms with Crippen molar-refractivity contribution in [1.82, 2.24) is 0 Å². The van der Waals surface area contributed by atoms with Gasteiger partial charge in [-0.3, -0.25) is 0 Å². The Bertz CT molecular complexity index is 4040. The molecule has 10 aromatic rings. The molecule has 0 unspecified atom stereocenters. The van der Waals surface area contributed by atoms with Gasteiger partial charge in [-0.25, -0.2) is 0 Å². The Morgan fingerprint density at radius 2 is 0.914 bits per heavy atom. The van der Waals surface area contributed by atoms with E-state index in [4.69, 9.17) is 0 Å². The van der Waals surface area contributed by atoms with Crippen LogP contribution in [0.2, 0.25) is 0 Å². The molecule has 4 heteroatoms. The Hall–Kier alpha value is -8.08. The lowest BCUT2D eigenvalue weighted by Gasteiger charge is -2.47. The van der Waals surface area contributed by atoms with Crippen LogP contribution in [0.1, 0.15) is 130 Å². The van der Waals surface area contributed by atoms with Crippen molar-refractivity contribution in [2.45, 2.75) is 124 Å². The molecule has 0 saturated heterocycles. The number of fused-ring (bicyclic) bond motifs is 9. The van der Waals surface area contributed by atoms with Gasteiger partial charge >= 0.3 is 6.85 Å². The van der Waals surface area contributed by atoms with E-state index < -0.39 is 0 Å². The summed E-state index contributed by atoms with van der Waals surface area (Å²) in [5.41, 5.74) is 27.1. The van der Waals surface area contributed by atoms with Gasteiger partial charge in [0.25, 0.3) is 0 Å². The van der Waals surface area contributed by atoms with E-state index in [1.165, 1.54) is 111 Å². The summed E-state index contributed by atoms with van der Waals surface area (Å²) in [6, 6.07) is 79.8. The summed E-state index contributed by atoms with van der Waals surface area (Å²) in [7, 11) is 0. The second-order valence-corrected chi connectivity index (χ2v) is 27.9. The average Bonchev–Trinajstić information content (AvgIpc) is 2.42. The number of anilines is 8. The Balaban J connectivity index is 1.17. The first kappa shape index (κ1) is 52.3. The standard InChI is InChI=1S/C77H76BN3/c1-73(2,3)51-28-35-55(36-29-51)79(56-37-30-52(31-38-56)74(4,5)6)58-41-43-69-67(46-58)78-71-64(44-50-24-18-19-25-59(50)72(71)80(69)68-42-34-54(76(10,11)12)45-61(68)49-22-16-15-17-23-49)63-47-62-60-26-20-21-27-65(60)77(13,14)66(62)48-70(63)81(78)57-39-32-53(33-40-57)75(7,8)9/h15-48H,1-14H3. The van der Waals surface area contributed by atoms with Gasteiger partial charge in [0.2, 0.25) is 0 Å². The zero-order valence-corrected chi connectivity index (χ0v) is 50.0. The van der Waals surface area contributed by atoms with Crippen molar-refractivity contribution in [3.05, 3.63) is 240 Å². The average molecular weight is 1050 g/mol. The lowest BCUT2D eigenvalue weighted by Crippen LogP contribution is -2.61. The first-order valence-electron chi connectivity index (χ1n) is 29.4. The SMILES string of the molecule is CC(C)(C)c1ccc(N2B3c4cc(N(c5ccc(C(C)(C)C)cc5)c5ccc(C(C)(C)C)cc5)ccc4N(c4ccc(C(C)(C)C)cc4-c4ccccc4)c4c3c(cc3ccccc43)-c3cc4c(cc32)C(C)(C)c2ccccc2-4)cc1. The van der Waals surface area contributed by atoms with E-state index in [0.29, 0.717) is 0 Å². The predicted octanol–water partition coefficient (Wildman–Crippen LogP) is 20.2. The summed E-state index contributed by atoms with van der Waals surface area (Å²) in [6.45, 7) is 32.3.